The predicted octanol–water partition coefficient (Wildman–Crippen LogP) is 8.60. The molecule has 0 heterocycles. The van der Waals surface area contributed by atoms with Gasteiger partial charge in [-0.25, -0.2) is 0 Å². The van der Waals surface area contributed by atoms with Crippen molar-refractivity contribution in [2.24, 2.45) is 58.2 Å². The van der Waals surface area contributed by atoms with Crippen molar-refractivity contribution in [2.45, 2.75) is 113 Å². The molecule has 0 amide bonds. The van der Waals surface area contributed by atoms with Crippen LogP contribution in [0.25, 0.3) is 0 Å². The zero-order chi connectivity index (χ0) is 20.0. The van der Waals surface area contributed by atoms with E-state index in [0.717, 1.165) is 47.3 Å². The Morgan fingerprint density at radius 2 is 1.26 bits per heavy atom. The Kier molecular flexibility index (Phi) is 6.45. The van der Waals surface area contributed by atoms with Crippen LogP contribution in [-0.4, -0.2) is 0 Å². The van der Waals surface area contributed by atoms with Gasteiger partial charge in [-0.3, -0.25) is 0 Å². The number of hydrogen-bond donors (Lipinski definition) is 0. The van der Waals surface area contributed by atoms with E-state index >= 15 is 0 Å². The topological polar surface area (TPSA) is 0 Å². The molecule has 3 aliphatic carbocycles. The normalized spacial score (nSPS) is 50.2. The SMILES string of the molecule is CCC(C)C1CCC2C(C)C(C3(C)CCC(C)CC3C(C)CC)CCC12C. The Hall–Kier alpha value is 0. The molecule has 0 bridgehead atoms. The summed E-state index contributed by atoms with van der Waals surface area (Å²) in [5, 5.41) is 0. The maximum Gasteiger partial charge on any atom is -0.0264 e. The summed E-state index contributed by atoms with van der Waals surface area (Å²) in [6.45, 7) is 20.6. The van der Waals surface area contributed by atoms with E-state index in [4.69, 9.17) is 0 Å². The number of rotatable bonds is 5. The summed E-state index contributed by atoms with van der Waals surface area (Å²) in [5.41, 5.74) is 1.23. The first kappa shape index (κ1) is 21.7. The van der Waals surface area contributed by atoms with Crippen molar-refractivity contribution in [1.82, 2.24) is 0 Å². The Bertz CT molecular complexity index is 494. The van der Waals surface area contributed by atoms with Gasteiger partial charge in [-0.15, -0.1) is 0 Å². The van der Waals surface area contributed by atoms with Gasteiger partial charge in [0, 0.05) is 0 Å². The minimum Gasteiger partial charge on any atom is -0.0651 e. The fourth-order valence-corrected chi connectivity index (χ4v) is 8.88. The van der Waals surface area contributed by atoms with Crippen LogP contribution in [-0.2, 0) is 0 Å². The van der Waals surface area contributed by atoms with Crippen LogP contribution >= 0.6 is 0 Å². The van der Waals surface area contributed by atoms with Crippen LogP contribution in [0.2, 0.25) is 0 Å². The third kappa shape index (κ3) is 3.54. The van der Waals surface area contributed by atoms with Gasteiger partial charge in [-0.2, -0.15) is 0 Å². The van der Waals surface area contributed by atoms with E-state index in [2.05, 4.69) is 55.4 Å². The summed E-state index contributed by atoms with van der Waals surface area (Å²) in [6.07, 6.45) is 13.3. The van der Waals surface area contributed by atoms with Crippen LogP contribution in [0.15, 0.2) is 0 Å². The molecule has 3 aliphatic rings. The molecular formula is C27H50. The molecule has 0 spiro atoms. The zero-order valence-electron chi connectivity index (χ0n) is 20.0. The average molecular weight is 375 g/mol. The minimum atomic E-state index is 0.594. The number of hydrogen-bond acceptors (Lipinski definition) is 0. The molecule has 3 fully saturated rings. The molecule has 0 aliphatic heterocycles. The molecule has 10 unspecified atom stereocenters. The highest BCUT2D eigenvalue weighted by atomic mass is 14.6. The summed E-state index contributed by atoms with van der Waals surface area (Å²) in [5.74, 6) is 7.60. The van der Waals surface area contributed by atoms with E-state index in [-0.39, 0.29) is 0 Å². The van der Waals surface area contributed by atoms with Crippen LogP contribution in [0, 0.1) is 58.2 Å². The molecule has 0 nitrogen and oxygen atoms in total. The van der Waals surface area contributed by atoms with E-state index in [9.17, 15) is 0 Å². The highest BCUT2D eigenvalue weighted by Gasteiger charge is 2.57. The molecule has 0 N–H and O–H groups in total. The van der Waals surface area contributed by atoms with Crippen LogP contribution < -0.4 is 0 Å². The van der Waals surface area contributed by atoms with Gasteiger partial charge in [-0.1, -0.05) is 74.7 Å². The fourth-order valence-electron chi connectivity index (χ4n) is 8.88. The fraction of sp³-hybridized carbons (Fsp3) is 1.00. The Labute approximate surface area is 171 Å². The second-order valence-electron chi connectivity index (χ2n) is 12.1. The lowest BCUT2D eigenvalue weighted by Gasteiger charge is -2.58. The third-order valence-electron chi connectivity index (χ3n) is 10.9. The van der Waals surface area contributed by atoms with Gasteiger partial charge in [-0.05, 0) is 96.7 Å². The molecular weight excluding hydrogens is 324 g/mol. The summed E-state index contributed by atoms with van der Waals surface area (Å²) in [6, 6.07) is 0. The van der Waals surface area contributed by atoms with Crippen LogP contribution in [0.5, 0.6) is 0 Å². The second-order valence-corrected chi connectivity index (χ2v) is 12.1. The Balaban J connectivity index is 1.84. The molecule has 0 aromatic carbocycles. The lowest BCUT2D eigenvalue weighted by atomic mass is 9.47. The van der Waals surface area contributed by atoms with Gasteiger partial charge in [0.25, 0.3) is 0 Å². The lowest BCUT2D eigenvalue weighted by molar-refractivity contribution is -0.0927. The predicted molar refractivity (Wildman–Crippen MR) is 120 cm³/mol. The monoisotopic (exact) mass is 374 g/mol. The summed E-state index contributed by atoms with van der Waals surface area (Å²) >= 11 is 0. The molecule has 27 heavy (non-hydrogen) atoms. The third-order valence-corrected chi connectivity index (χ3v) is 10.9. The zero-order valence-corrected chi connectivity index (χ0v) is 20.0. The average Bonchev–Trinajstić information content (AvgIpc) is 3.00. The van der Waals surface area contributed by atoms with Gasteiger partial charge >= 0.3 is 0 Å². The lowest BCUT2D eigenvalue weighted by Crippen LogP contribution is -2.51. The molecule has 3 saturated carbocycles. The highest BCUT2D eigenvalue weighted by Crippen LogP contribution is 2.65. The molecule has 0 heteroatoms. The van der Waals surface area contributed by atoms with Gasteiger partial charge in [0.05, 0.1) is 0 Å². The maximum absolute atomic E-state index is 2.74. The summed E-state index contributed by atoms with van der Waals surface area (Å²) in [4.78, 5) is 0. The smallest absolute Gasteiger partial charge is 0.0264 e. The summed E-state index contributed by atoms with van der Waals surface area (Å²) in [7, 11) is 0. The second kappa shape index (κ2) is 8.02. The molecule has 0 aromatic heterocycles. The molecule has 0 radical (unpaired) electrons. The molecule has 3 rings (SSSR count). The van der Waals surface area contributed by atoms with Crippen molar-refractivity contribution >= 4 is 0 Å². The molecule has 0 saturated heterocycles. The number of fused-ring (bicyclic) bond motifs is 1. The summed E-state index contributed by atoms with van der Waals surface area (Å²) < 4.78 is 0. The highest BCUT2D eigenvalue weighted by molar-refractivity contribution is 5.07. The van der Waals surface area contributed by atoms with Crippen molar-refractivity contribution in [2.75, 3.05) is 0 Å². The van der Waals surface area contributed by atoms with Gasteiger partial charge < -0.3 is 0 Å². The molecule has 158 valence electrons. The van der Waals surface area contributed by atoms with E-state index in [1.165, 1.54) is 57.8 Å². The van der Waals surface area contributed by atoms with Crippen LogP contribution in [0.1, 0.15) is 113 Å². The van der Waals surface area contributed by atoms with Gasteiger partial charge in [0.2, 0.25) is 0 Å². The molecule has 10 atom stereocenters. The maximum atomic E-state index is 2.74. The quantitative estimate of drug-likeness (QED) is 0.452. The minimum absolute atomic E-state index is 0.594. The molecule has 0 aromatic rings. The van der Waals surface area contributed by atoms with E-state index in [0.29, 0.717) is 10.8 Å². The van der Waals surface area contributed by atoms with E-state index < -0.39 is 0 Å². The van der Waals surface area contributed by atoms with Gasteiger partial charge in [0.1, 0.15) is 0 Å². The van der Waals surface area contributed by atoms with Crippen molar-refractivity contribution < 1.29 is 0 Å². The van der Waals surface area contributed by atoms with Crippen molar-refractivity contribution in [3.05, 3.63) is 0 Å². The standard InChI is InChI=1S/C27H50/c1-9-19(4)22-11-12-23-21(6)24(14-16-26(22,23)7)27(8)15-13-18(3)17-25(27)20(5)10-2/h18-25H,9-17H2,1-8H3. The van der Waals surface area contributed by atoms with Crippen molar-refractivity contribution in [3.63, 3.8) is 0 Å². The van der Waals surface area contributed by atoms with Crippen LogP contribution in [0.3, 0.4) is 0 Å². The van der Waals surface area contributed by atoms with E-state index in [1.54, 1.807) is 0 Å². The van der Waals surface area contributed by atoms with Gasteiger partial charge in [0.15, 0.2) is 0 Å². The van der Waals surface area contributed by atoms with Crippen molar-refractivity contribution in [1.29, 1.82) is 0 Å². The Morgan fingerprint density at radius 1 is 0.741 bits per heavy atom. The largest absolute Gasteiger partial charge is 0.0651 e. The van der Waals surface area contributed by atoms with Crippen molar-refractivity contribution in [3.8, 4) is 0 Å². The first-order valence-corrected chi connectivity index (χ1v) is 12.7. The first-order valence-electron chi connectivity index (χ1n) is 12.7. The van der Waals surface area contributed by atoms with Crippen LogP contribution in [0.4, 0.5) is 0 Å². The first-order chi connectivity index (χ1) is 12.7. The van der Waals surface area contributed by atoms with E-state index in [1.807, 2.05) is 0 Å². The Morgan fingerprint density at radius 3 is 1.89 bits per heavy atom.